The normalized spacial score (nSPS) is 11.2. The third-order valence-corrected chi connectivity index (χ3v) is 6.80. The van der Waals surface area contributed by atoms with E-state index in [1.807, 2.05) is 43.3 Å². The van der Waals surface area contributed by atoms with Gasteiger partial charge >= 0.3 is 0 Å². The first kappa shape index (κ1) is 18.6. The Morgan fingerprint density at radius 1 is 1.07 bits per heavy atom. The summed E-state index contributed by atoms with van der Waals surface area (Å²) in [4.78, 5) is 22.2. The van der Waals surface area contributed by atoms with Gasteiger partial charge in [0.25, 0.3) is 5.56 Å². The molecule has 0 saturated heterocycles. The fraction of sp³-hybridized carbons (Fsp3) is 0.100. The quantitative estimate of drug-likeness (QED) is 0.293. The predicted octanol–water partition coefficient (Wildman–Crippen LogP) is 6.56. The van der Waals surface area contributed by atoms with Crippen LogP contribution in [0.15, 0.2) is 58.5 Å². The van der Waals surface area contributed by atoms with Crippen LogP contribution in [0.5, 0.6) is 0 Å². The van der Waals surface area contributed by atoms with E-state index in [0.29, 0.717) is 26.3 Å². The van der Waals surface area contributed by atoms with Crippen LogP contribution in [0.2, 0.25) is 10.0 Å². The maximum absolute atomic E-state index is 12.8. The number of aromatic amines is 1. The zero-order chi connectivity index (χ0) is 19.0. The molecule has 1 N–H and O–H groups in total. The molecule has 4 rings (SSSR count). The SMILES string of the molecule is Cc1sc2nc(SCc3c(Cl)cccc3Cl)[nH]c(=O)c2c1-c1ccccc1. The largest absolute Gasteiger partial charge is 0.301 e. The predicted molar refractivity (Wildman–Crippen MR) is 116 cm³/mol. The number of hydrogen-bond donors (Lipinski definition) is 1. The van der Waals surface area contributed by atoms with Crippen molar-refractivity contribution in [3.63, 3.8) is 0 Å². The van der Waals surface area contributed by atoms with E-state index in [0.717, 1.165) is 26.4 Å². The summed E-state index contributed by atoms with van der Waals surface area (Å²) in [6.45, 7) is 2.02. The fourth-order valence-electron chi connectivity index (χ4n) is 2.93. The van der Waals surface area contributed by atoms with Crippen molar-refractivity contribution in [2.24, 2.45) is 0 Å². The number of nitrogens with zero attached hydrogens (tertiary/aromatic N) is 1. The van der Waals surface area contributed by atoms with Gasteiger partial charge in [-0.15, -0.1) is 11.3 Å². The van der Waals surface area contributed by atoms with Crippen molar-refractivity contribution >= 4 is 56.5 Å². The number of thiophene rings is 1. The maximum Gasteiger partial charge on any atom is 0.260 e. The van der Waals surface area contributed by atoms with E-state index >= 15 is 0 Å². The first-order valence-electron chi connectivity index (χ1n) is 8.19. The highest BCUT2D eigenvalue weighted by Gasteiger charge is 2.17. The van der Waals surface area contributed by atoms with E-state index in [9.17, 15) is 4.79 Å². The average Bonchev–Trinajstić information content (AvgIpc) is 2.98. The molecule has 27 heavy (non-hydrogen) atoms. The lowest BCUT2D eigenvalue weighted by Gasteiger charge is -2.06. The van der Waals surface area contributed by atoms with E-state index in [4.69, 9.17) is 23.2 Å². The molecule has 0 radical (unpaired) electrons. The molecule has 0 unspecified atom stereocenters. The van der Waals surface area contributed by atoms with Crippen LogP contribution in [0, 0.1) is 6.92 Å². The Bertz CT molecular complexity index is 1170. The van der Waals surface area contributed by atoms with Gasteiger partial charge in [0, 0.05) is 26.2 Å². The van der Waals surface area contributed by atoms with Gasteiger partial charge in [0.05, 0.1) is 5.39 Å². The third kappa shape index (κ3) is 3.65. The first-order valence-corrected chi connectivity index (χ1v) is 10.7. The molecule has 7 heteroatoms. The van der Waals surface area contributed by atoms with Crippen molar-refractivity contribution in [2.45, 2.75) is 17.8 Å². The lowest BCUT2D eigenvalue weighted by atomic mass is 10.0. The molecule has 2 aromatic carbocycles. The lowest BCUT2D eigenvalue weighted by molar-refractivity contribution is 0.980. The minimum atomic E-state index is -0.129. The standard InChI is InChI=1S/C20H14Cl2N2OS2/c1-11-16(12-6-3-2-4-7-12)17-18(25)23-20(24-19(17)27-11)26-10-13-14(21)8-5-9-15(13)22/h2-9H,10H2,1H3,(H,23,24,25). The van der Waals surface area contributed by atoms with Gasteiger partial charge in [0.15, 0.2) is 5.16 Å². The first-order chi connectivity index (χ1) is 13.0. The second-order valence-electron chi connectivity index (χ2n) is 5.94. The van der Waals surface area contributed by atoms with Crippen LogP contribution in [-0.2, 0) is 5.75 Å². The number of H-pyrrole nitrogens is 1. The number of thioether (sulfide) groups is 1. The summed E-state index contributed by atoms with van der Waals surface area (Å²) in [5.41, 5.74) is 2.68. The van der Waals surface area contributed by atoms with Crippen molar-refractivity contribution in [2.75, 3.05) is 0 Å². The van der Waals surface area contributed by atoms with Gasteiger partial charge < -0.3 is 4.98 Å². The van der Waals surface area contributed by atoms with Crippen LogP contribution in [0.4, 0.5) is 0 Å². The summed E-state index contributed by atoms with van der Waals surface area (Å²) in [7, 11) is 0. The van der Waals surface area contributed by atoms with E-state index in [2.05, 4.69) is 9.97 Å². The number of aromatic nitrogens is 2. The molecule has 0 amide bonds. The van der Waals surface area contributed by atoms with Gasteiger partial charge in [0.1, 0.15) is 4.83 Å². The van der Waals surface area contributed by atoms with Gasteiger partial charge in [0.2, 0.25) is 0 Å². The number of hydrogen-bond acceptors (Lipinski definition) is 4. The van der Waals surface area contributed by atoms with Crippen LogP contribution in [0.25, 0.3) is 21.3 Å². The van der Waals surface area contributed by atoms with Crippen LogP contribution in [-0.4, -0.2) is 9.97 Å². The van der Waals surface area contributed by atoms with Gasteiger partial charge in [-0.05, 0) is 30.2 Å². The Labute approximate surface area is 174 Å². The van der Waals surface area contributed by atoms with Gasteiger partial charge in [-0.1, -0.05) is 71.4 Å². The Morgan fingerprint density at radius 2 is 1.78 bits per heavy atom. The molecular formula is C20H14Cl2N2OS2. The van der Waals surface area contributed by atoms with E-state index in [1.165, 1.54) is 23.1 Å². The second kappa shape index (κ2) is 7.68. The topological polar surface area (TPSA) is 45.8 Å². The molecule has 2 aromatic heterocycles. The van der Waals surface area contributed by atoms with Crippen molar-refractivity contribution in [1.29, 1.82) is 0 Å². The highest BCUT2D eigenvalue weighted by Crippen LogP contribution is 2.36. The molecule has 0 atom stereocenters. The number of benzene rings is 2. The fourth-order valence-corrected chi connectivity index (χ4v) is 5.64. The molecule has 136 valence electrons. The molecule has 0 aliphatic heterocycles. The van der Waals surface area contributed by atoms with E-state index in [-0.39, 0.29) is 5.56 Å². The smallest absolute Gasteiger partial charge is 0.260 e. The van der Waals surface area contributed by atoms with Crippen molar-refractivity contribution in [3.05, 3.63) is 79.4 Å². The van der Waals surface area contributed by atoms with Gasteiger partial charge in [-0.25, -0.2) is 4.98 Å². The summed E-state index contributed by atoms with van der Waals surface area (Å²) >= 11 is 15.4. The summed E-state index contributed by atoms with van der Waals surface area (Å²) in [6, 6.07) is 15.3. The molecule has 3 nitrogen and oxygen atoms in total. The van der Waals surface area contributed by atoms with Gasteiger partial charge in [-0.3, -0.25) is 4.79 Å². The highest BCUT2D eigenvalue weighted by atomic mass is 35.5. The van der Waals surface area contributed by atoms with Crippen LogP contribution in [0.1, 0.15) is 10.4 Å². The Hall–Kier alpha value is -1.79. The molecule has 0 saturated carbocycles. The number of rotatable bonds is 4. The summed E-state index contributed by atoms with van der Waals surface area (Å²) in [6.07, 6.45) is 0. The maximum atomic E-state index is 12.8. The Morgan fingerprint density at radius 3 is 2.48 bits per heavy atom. The molecule has 0 aliphatic rings. The second-order valence-corrected chi connectivity index (χ2v) is 8.92. The number of halogens is 2. The highest BCUT2D eigenvalue weighted by molar-refractivity contribution is 7.98. The zero-order valence-electron chi connectivity index (χ0n) is 14.3. The molecule has 2 heterocycles. The average molecular weight is 433 g/mol. The van der Waals surface area contributed by atoms with Crippen LogP contribution in [0.3, 0.4) is 0 Å². The monoisotopic (exact) mass is 432 g/mol. The Kier molecular flexibility index (Phi) is 5.28. The van der Waals surface area contributed by atoms with Crippen molar-refractivity contribution < 1.29 is 0 Å². The minimum absolute atomic E-state index is 0.129. The van der Waals surface area contributed by atoms with E-state index < -0.39 is 0 Å². The van der Waals surface area contributed by atoms with Crippen molar-refractivity contribution in [3.8, 4) is 11.1 Å². The lowest BCUT2D eigenvalue weighted by Crippen LogP contribution is -2.08. The Balaban J connectivity index is 1.72. The number of fused-ring (bicyclic) bond motifs is 1. The van der Waals surface area contributed by atoms with Crippen LogP contribution < -0.4 is 5.56 Å². The number of aryl methyl sites for hydroxylation is 1. The van der Waals surface area contributed by atoms with Crippen LogP contribution >= 0.6 is 46.3 Å². The molecule has 0 aliphatic carbocycles. The van der Waals surface area contributed by atoms with Gasteiger partial charge in [-0.2, -0.15) is 0 Å². The molecular weight excluding hydrogens is 419 g/mol. The molecule has 4 aromatic rings. The molecule has 0 bridgehead atoms. The zero-order valence-corrected chi connectivity index (χ0v) is 17.4. The summed E-state index contributed by atoms with van der Waals surface area (Å²) in [5, 5.41) is 2.42. The summed E-state index contributed by atoms with van der Waals surface area (Å²) < 4.78 is 0. The summed E-state index contributed by atoms with van der Waals surface area (Å²) in [5.74, 6) is 0.531. The number of nitrogens with one attached hydrogen (secondary N) is 1. The minimum Gasteiger partial charge on any atom is -0.301 e. The third-order valence-electron chi connectivity index (χ3n) is 4.19. The molecule has 0 fully saturated rings. The molecule has 0 spiro atoms. The van der Waals surface area contributed by atoms with E-state index in [1.54, 1.807) is 12.1 Å². The van der Waals surface area contributed by atoms with Crippen molar-refractivity contribution in [1.82, 2.24) is 9.97 Å².